The summed E-state index contributed by atoms with van der Waals surface area (Å²) in [6.45, 7) is 1.94. The number of hydrogen-bond donors (Lipinski definition) is 2. The lowest BCUT2D eigenvalue weighted by Crippen LogP contribution is -1.96. The fraction of sp³-hybridized carbons (Fsp3) is 0.182. The predicted octanol–water partition coefficient (Wildman–Crippen LogP) is 2.43. The van der Waals surface area contributed by atoms with Crippen molar-refractivity contribution in [3.05, 3.63) is 45.5 Å². The van der Waals surface area contributed by atoms with E-state index < -0.39 is 12.1 Å². The second-order valence-electron chi connectivity index (χ2n) is 3.36. The quantitative estimate of drug-likeness (QED) is 0.861. The summed E-state index contributed by atoms with van der Waals surface area (Å²) in [6.07, 6.45) is -0.896. The summed E-state index contributed by atoms with van der Waals surface area (Å²) in [5.41, 5.74) is 0. The van der Waals surface area contributed by atoms with Gasteiger partial charge in [0.25, 0.3) is 0 Å². The normalized spacial score (nSPS) is 12.6. The molecule has 0 saturated carbocycles. The van der Waals surface area contributed by atoms with E-state index in [4.69, 9.17) is 9.52 Å². The fourth-order valence-corrected chi connectivity index (χ4v) is 2.23. The second kappa shape index (κ2) is 4.11. The molecule has 0 saturated heterocycles. The number of aliphatic hydroxyl groups is 1. The molecule has 4 nitrogen and oxygen atoms in total. The molecule has 5 heteroatoms. The van der Waals surface area contributed by atoms with Crippen LogP contribution in [0.5, 0.6) is 0 Å². The Bertz CT molecular complexity index is 512. The topological polar surface area (TPSA) is 70.7 Å². The molecule has 2 aromatic heterocycles. The van der Waals surface area contributed by atoms with Crippen LogP contribution in [0.2, 0.25) is 0 Å². The van der Waals surface area contributed by atoms with Crippen LogP contribution in [0.3, 0.4) is 0 Å². The highest BCUT2D eigenvalue weighted by Crippen LogP contribution is 2.29. The van der Waals surface area contributed by atoms with Gasteiger partial charge in [-0.25, -0.2) is 4.79 Å². The van der Waals surface area contributed by atoms with Crippen molar-refractivity contribution in [2.24, 2.45) is 0 Å². The molecule has 0 aliphatic heterocycles. The van der Waals surface area contributed by atoms with E-state index >= 15 is 0 Å². The van der Waals surface area contributed by atoms with Crippen molar-refractivity contribution in [2.75, 3.05) is 0 Å². The van der Waals surface area contributed by atoms with Gasteiger partial charge in [0.2, 0.25) is 5.76 Å². The monoisotopic (exact) mass is 238 g/mol. The molecule has 0 radical (unpaired) electrons. The standard InChI is InChI=1S/C11H10O4S/c1-6-2-5-9(16-6)10(12)7-3-4-8(15-7)11(13)14/h2-5,10,12H,1H3,(H,13,14). The van der Waals surface area contributed by atoms with Crippen molar-refractivity contribution in [3.63, 3.8) is 0 Å². The van der Waals surface area contributed by atoms with Crippen LogP contribution < -0.4 is 0 Å². The van der Waals surface area contributed by atoms with Gasteiger partial charge in [0, 0.05) is 9.75 Å². The highest BCUT2D eigenvalue weighted by molar-refractivity contribution is 7.12. The van der Waals surface area contributed by atoms with Gasteiger partial charge in [-0.1, -0.05) is 0 Å². The highest BCUT2D eigenvalue weighted by atomic mass is 32.1. The number of carboxylic acid groups (broad SMARTS) is 1. The number of rotatable bonds is 3. The van der Waals surface area contributed by atoms with E-state index in [0.717, 1.165) is 9.75 Å². The average molecular weight is 238 g/mol. The molecule has 2 N–H and O–H groups in total. The molecule has 0 aliphatic rings. The van der Waals surface area contributed by atoms with Gasteiger partial charge >= 0.3 is 5.97 Å². The van der Waals surface area contributed by atoms with Crippen LogP contribution >= 0.6 is 11.3 Å². The third-order valence-corrected chi connectivity index (χ3v) is 3.19. The largest absolute Gasteiger partial charge is 0.475 e. The molecular weight excluding hydrogens is 228 g/mol. The number of aromatic carboxylic acids is 1. The molecule has 2 heterocycles. The van der Waals surface area contributed by atoms with Gasteiger partial charge in [-0.2, -0.15) is 0 Å². The Morgan fingerprint density at radius 1 is 1.38 bits per heavy atom. The van der Waals surface area contributed by atoms with Gasteiger partial charge in [-0.05, 0) is 31.2 Å². The SMILES string of the molecule is Cc1ccc(C(O)c2ccc(C(=O)O)o2)s1. The predicted molar refractivity (Wildman–Crippen MR) is 58.8 cm³/mol. The Morgan fingerprint density at radius 2 is 2.12 bits per heavy atom. The van der Waals surface area contributed by atoms with E-state index in [1.807, 2.05) is 13.0 Å². The number of carboxylic acids is 1. The second-order valence-corrected chi connectivity index (χ2v) is 4.68. The number of hydrogen-bond acceptors (Lipinski definition) is 4. The molecule has 0 aliphatic carbocycles. The van der Waals surface area contributed by atoms with Crippen molar-refractivity contribution in [3.8, 4) is 0 Å². The molecule has 0 fully saturated rings. The lowest BCUT2D eigenvalue weighted by molar-refractivity contribution is 0.0655. The minimum absolute atomic E-state index is 0.165. The first-order chi connectivity index (χ1) is 7.58. The third-order valence-electron chi connectivity index (χ3n) is 2.14. The van der Waals surface area contributed by atoms with Crippen molar-refractivity contribution in [1.82, 2.24) is 0 Å². The number of aryl methyl sites for hydroxylation is 1. The number of furan rings is 1. The van der Waals surface area contributed by atoms with E-state index in [0.29, 0.717) is 0 Å². The van der Waals surface area contributed by atoms with Crippen LogP contribution in [0.25, 0.3) is 0 Å². The summed E-state index contributed by atoms with van der Waals surface area (Å²) in [5, 5.41) is 18.6. The zero-order chi connectivity index (χ0) is 11.7. The van der Waals surface area contributed by atoms with Gasteiger partial charge in [-0.3, -0.25) is 0 Å². The molecular formula is C11H10O4S. The third kappa shape index (κ3) is 2.00. The molecule has 0 amide bonds. The Balaban J connectivity index is 2.26. The van der Waals surface area contributed by atoms with Crippen molar-refractivity contribution < 1.29 is 19.4 Å². The molecule has 0 bridgehead atoms. The molecule has 0 aromatic carbocycles. The Morgan fingerprint density at radius 3 is 2.62 bits per heavy atom. The lowest BCUT2D eigenvalue weighted by Gasteiger charge is -2.03. The van der Waals surface area contributed by atoms with Gasteiger partial charge in [0.15, 0.2) is 0 Å². The smallest absolute Gasteiger partial charge is 0.371 e. The molecule has 16 heavy (non-hydrogen) atoms. The summed E-state index contributed by atoms with van der Waals surface area (Å²) < 4.78 is 5.03. The molecule has 2 aromatic rings. The maximum atomic E-state index is 10.6. The van der Waals surface area contributed by atoms with Gasteiger partial charge in [0.1, 0.15) is 11.9 Å². The van der Waals surface area contributed by atoms with E-state index in [-0.39, 0.29) is 11.5 Å². The number of aliphatic hydroxyl groups excluding tert-OH is 1. The molecule has 1 unspecified atom stereocenters. The zero-order valence-corrected chi connectivity index (χ0v) is 9.32. The minimum Gasteiger partial charge on any atom is -0.475 e. The van der Waals surface area contributed by atoms with Crippen LogP contribution in [0.4, 0.5) is 0 Å². The molecule has 84 valence electrons. The van der Waals surface area contributed by atoms with Crippen molar-refractivity contribution >= 4 is 17.3 Å². The van der Waals surface area contributed by atoms with Crippen molar-refractivity contribution in [1.29, 1.82) is 0 Å². The summed E-state index contributed by atoms with van der Waals surface area (Å²) in [6, 6.07) is 6.50. The fourth-order valence-electron chi connectivity index (χ4n) is 1.36. The van der Waals surface area contributed by atoms with Gasteiger partial charge < -0.3 is 14.6 Å². The minimum atomic E-state index is -1.14. The van der Waals surface area contributed by atoms with E-state index in [1.165, 1.54) is 23.5 Å². The first-order valence-electron chi connectivity index (χ1n) is 4.65. The average Bonchev–Trinajstić information content (AvgIpc) is 2.84. The molecule has 1 atom stereocenters. The Labute approximate surface area is 95.8 Å². The van der Waals surface area contributed by atoms with Crippen LogP contribution in [0.15, 0.2) is 28.7 Å². The number of thiophene rings is 1. The van der Waals surface area contributed by atoms with Crippen LogP contribution in [0, 0.1) is 6.92 Å². The Hall–Kier alpha value is -1.59. The highest BCUT2D eigenvalue weighted by Gasteiger charge is 2.18. The lowest BCUT2D eigenvalue weighted by atomic mass is 10.2. The zero-order valence-electron chi connectivity index (χ0n) is 8.51. The van der Waals surface area contributed by atoms with Gasteiger partial charge in [0.05, 0.1) is 0 Å². The van der Waals surface area contributed by atoms with Crippen LogP contribution in [0.1, 0.15) is 32.2 Å². The first-order valence-corrected chi connectivity index (χ1v) is 5.47. The van der Waals surface area contributed by atoms with Crippen LogP contribution in [-0.2, 0) is 0 Å². The Kier molecular flexibility index (Phi) is 2.80. The summed E-state index contributed by atoms with van der Waals surface area (Å²) in [4.78, 5) is 12.4. The molecule has 0 spiro atoms. The molecule has 2 rings (SSSR count). The maximum absolute atomic E-state index is 10.6. The first kappa shape index (κ1) is 10.9. The van der Waals surface area contributed by atoms with E-state index in [1.54, 1.807) is 6.07 Å². The van der Waals surface area contributed by atoms with E-state index in [2.05, 4.69) is 0 Å². The van der Waals surface area contributed by atoms with E-state index in [9.17, 15) is 9.90 Å². The van der Waals surface area contributed by atoms with Gasteiger partial charge in [-0.15, -0.1) is 11.3 Å². The summed E-state index contributed by atoms with van der Waals surface area (Å²) in [7, 11) is 0. The maximum Gasteiger partial charge on any atom is 0.371 e. The van der Waals surface area contributed by atoms with Crippen LogP contribution in [-0.4, -0.2) is 16.2 Å². The summed E-state index contributed by atoms with van der Waals surface area (Å²) >= 11 is 1.45. The summed E-state index contributed by atoms with van der Waals surface area (Å²) in [5.74, 6) is -1.05. The number of carbonyl (C=O) groups is 1. The van der Waals surface area contributed by atoms with Crippen molar-refractivity contribution in [2.45, 2.75) is 13.0 Å².